The summed E-state index contributed by atoms with van der Waals surface area (Å²) in [4.78, 5) is 35.2. The Morgan fingerprint density at radius 3 is 1.18 bits per heavy atom. The van der Waals surface area contributed by atoms with Gasteiger partial charge >= 0.3 is 19.8 Å². The van der Waals surface area contributed by atoms with Crippen molar-refractivity contribution in [3.05, 3.63) is 60.8 Å². The average molecular weight is 965 g/mol. The molecule has 0 fully saturated rings. The molecule has 390 valence electrons. The highest BCUT2D eigenvalue weighted by atomic mass is 31.2. The van der Waals surface area contributed by atoms with Crippen LogP contribution in [0, 0.1) is 0 Å². The fraction of sp³-hybridized carbons (Fsp3) is 0.786. The average Bonchev–Trinajstić information content (AvgIpc) is 3.32. The first-order chi connectivity index (χ1) is 32.7. The van der Waals surface area contributed by atoms with Crippen LogP contribution in [0.1, 0.15) is 245 Å². The number of phosphoric acid groups is 1. The van der Waals surface area contributed by atoms with E-state index in [2.05, 4.69) is 68.5 Å². The highest BCUT2D eigenvalue weighted by Crippen LogP contribution is 2.43. The molecule has 67 heavy (non-hydrogen) atoms. The standard InChI is InChI=1S/C56H101O10P/c1-3-5-7-9-11-13-15-17-19-21-23-25-26-28-29-31-33-35-37-39-41-43-45-47-55(59)63-51-54(52-65-67(61,62)64-50-53(58)49-57)66-56(60)48-46-44-42-40-38-36-34-32-30-27-24-22-20-18-16-14-12-10-8-6-4-2/h20,22,27,30,34,36,39-42,53-54,57-58H,3-19,21,23-26,28-29,31-33,35,37-38,43-52H2,1-2H3,(H,61,62)/b22-20+,30-27+,36-34+,41-39+,42-40+/t53-,54+/m0/s1. The summed E-state index contributed by atoms with van der Waals surface area (Å²) in [7, 11) is -4.65. The van der Waals surface area contributed by atoms with Gasteiger partial charge in [0.05, 0.1) is 19.8 Å². The molecule has 0 aromatic heterocycles. The normalized spacial score (nSPS) is 14.0. The lowest BCUT2D eigenvalue weighted by Gasteiger charge is -2.20. The second-order valence-corrected chi connectivity index (χ2v) is 19.7. The summed E-state index contributed by atoms with van der Waals surface area (Å²) in [6.45, 7) is 2.32. The molecule has 0 bridgehead atoms. The molecule has 0 aliphatic carbocycles. The zero-order valence-corrected chi connectivity index (χ0v) is 43.8. The monoisotopic (exact) mass is 965 g/mol. The summed E-state index contributed by atoms with van der Waals surface area (Å²) >= 11 is 0. The van der Waals surface area contributed by atoms with Crippen molar-refractivity contribution in [1.82, 2.24) is 0 Å². The van der Waals surface area contributed by atoms with E-state index in [1.807, 2.05) is 6.08 Å². The number of hydrogen-bond donors (Lipinski definition) is 3. The van der Waals surface area contributed by atoms with Gasteiger partial charge in [0.15, 0.2) is 6.10 Å². The minimum Gasteiger partial charge on any atom is -0.462 e. The van der Waals surface area contributed by atoms with Gasteiger partial charge in [0.1, 0.15) is 12.7 Å². The second kappa shape index (κ2) is 51.5. The molecule has 0 spiro atoms. The van der Waals surface area contributed by atoms with Crippen LogP contribution >= 0.6 is 7.82 Å². The van der Waals surface area contributed by atoms with E-state index in [4.69, 9.17) is 23.6 Å². The molecular weight excluding hydrogens is 864 g/mol. The molecule has 0 amide bonds. The number of ether oxygens (including phenoxy) is 2. The van der Waals surface area contributed by atoms with Crippen molar-refractivity contribution in [2.75, 3.05) is 26.4 Å². The minimum absolute atomic E-state index is 0.102. The number of allylic oxidation sites excluding steroid dienone is 10. The number of aliphatic hydroxyl groups excluding tert-OH is 2. The van der Waals surface area contributed by atoms with Crippen molar-refractivity contribution < 1.29 is 47.8 Å². The molecule has 1 unspecified atom stereocenters. The Labute approximate surface area is 410 Å². The number of rotatable bonds is 51. The van der Waals surface area contributed by atoms with Gasteiger partial charge in [-0.25, -0.2) is 4.57 Å². The van der Waals surface area contributed by atoms with Crippen LogP contribution in [0.25, 0.3) is 0 Å². The Kier molecular flexibility index (Phi) is 49.7. The topological polar surface area (TPSA) is 149 Å². The van der Waals surface area contributed by atoms with Gasteiger partial charge < -0.3 is 24.6 Å². The van der Waals surface area contributed by atoms with Gasteiger partial charge in [-0.05, 0) is 70.6 Å². The number of unbranched alkanes of at least 4 members (excludes halogenated alkanes) is 27. The summed E-state index contributed by atoms with van der Waals surface area (Å²) < 4.78 is 32.8. The minimum atomic E-state index is -4.65. The number of carbonyl (C=O) groups is 2. The molecule has 10 nitrogen and oxygen atoms in total. The highest BCUT2D eigenvalue weighted by molar-refractivity contribution is 7.47. The van der Waals surface area contributed by atoms with Crippen LogP contribution in [0.3, 0.4) is 0 Å². The lowest BCUT2D eigenvalue weighted by molar-refractivity contribution is -0.161. The number of esters is 2. The summed E-state index contributed by atoms with van der Waals surface area (Å²) in [6, 6.07) is 0. The predicted molar refractivity (Wildman–Crippen MR) is 279 cm³/mol. The first-order valence-electron chi connectivity index (χ1n) is 27.2. The van der Waals surface area contributed by atoms with Crippen molar-refractivity contribution in [1.29, 1.82) is 0 Å². The van der Waals surface area contributed by atoms with E-state index in [0.717, 1.165) is 32.1 Å². The molecule has 0 aromatic carbocycles. The van der Waals surface area contributed by atoms with Crippen molar-refractivity contribution in [3.63, 3.8) is 0 Å². The zero-order chi connectivity index (χ0) is 49.0. The third kappa shape index (κ3) is 51.4. The van der Waals surface area contributed by atoms with Crippen LogP contribution < -0.4 is 0 Å². The maximum atomic E-state index is 12.7. The summed E-state index contributed by atoms with van der Waals surface area (Å²) in [6.07, 6.45) is 60.8. The zero-order valence-electron chi connectivity index (χ0n) is 42.9. The molecule has 0 aliphatic heterocycles. The molecule has 0 saturated carbocycles. The SMILES string of the molecule is CCCCCCCCC/C=C/C/C=C/C/C=C/C/C=C/CCCC(=O)O[C@H](COC(=O)CCC/C=C/CCCCCCCCCCCCCCCCCCCC)COP(=O)(O)OC[C@@H](O)CO. The molecule has 0 saturated heterocycles. The van der Waals surface area contributed by atoms with Gasteiger partial charge in [0.2, 0.25) is 0 Å². The first kappa shape index (κ1) is 64.7. The largest absolute Gasteiger partial charge is 0.472 e. The van der Waals surface area contributed by atoms with Gasteiger partial charge in [0.25, 0.3) is 0 Å². The van der Waals surface area contributed by atoms with Gasteiger partial charge in [0, 0.05) is 12.8 Å². The smallest absolute Gasteiger partial charge is 0.462 e. The Hall–Kier alpha value is -2.33. The molecule has 0 aliphatic rings. The number of aliphatic hydroxyl groups is 2. The van der Waals surface area contributed by atoms with Crippen molar-refractivity contribution in [2.45, 2.75) is 257 Å². The summed E-state index contributed by atoms with van der Waals surface area (Å²) in [5, 5.41) is 18.4. The number of phosphoric ester groups is 1. The van der Waals surface area contributed by atoms with Crippen LogP contribution in [0.2, 0.25) is 0 Å². The molecule has 0 aromatic rings. The van der Waals surface area contributed by atoms with Gasteiger partial charge in [-0.15, -0.1) is 0 Å². The van der Waals surface area contributed by atoms with Gasteiger partial charge in [-0.3, -0.25) is 18.6 Å². The maximum absolute atomic E-state index is 12.7. The van der Waals surface area contributed by atoms with E-state index in [-0.39, 0.29) is 19.4 Å². The van der Waals surface area contributed by atoms with Crippen LogP contribution in [0.5, 0.6) is 0 Å². The van der Waals surface area contributed by atoms with Gasteiger partial charge in [-0.1, -0.05) is 222 Å². The van der Waals surface area contributed by atoms with Crippen LogP contribution in [-0.2, 0) is 32.7 Å². The van der Waals surface area contributed by atoms with Crippen LogP contribution in [-0.4, -0.2) is 65.7 Å². The molecule has 11 heteroatoms. The first-order valence-corrected chi connectivity index (χ1v) is 28.7. The van der Waals surface area contributed by atoms with E-state index in [1.165, 1.54) is 167 Å². The van der Waals surface area contributed by atoms with Crippen molar-refractivity contribution >= 4 is 19.8 Å². The predicted octanol–water partition coefficient (Wildman–Crippen LogP) is 15.8. The Balaban J connectivity index is 4.25. The lowest BCUT2D eigenvalue weighted by Crippen LogP contribution is -2.29. The molecule has 0 heterocycles. The fourth-order valence-electron chi connectivity index (χ4n) is 7.46. The quantitative estimate of drug-likeness (QED) is 0.0233. The molecule has 3 atom stereocenters. The summed E-state index contributed by atoms with van der Waals surface area (Å²) in [5.74, 6) is -1.02. The molecule has 0 radical (unpaired) electrons. The fourth-order valence-corrected chi connectivity index (χ4v) is 8.25. The van der Waals surface area contributed by atoms with E-state index in [0.29, 0.717) is 19.3 Å². The third-order valence-corrected chi connectivity index (χ3v) is 12.6. The van der Waals surface area contributed by atoms with E-state index in [9.17, 15) is 24.2 Å². The Morgan fingerprint density at radius 1 is 0.448 bits per heavy atom. The molecule has 3 N–H and O–H groups in total. The maximum Gasteiger partial charge on any atom is 0.472 e. The van der Waals surface area contributed by atoms with Crippen LogP contribution in [0.4, 0.5) is 0 Å². The number of carbonyl (C=O) groups excluding carboxylic acids is 2. The van der Waals surface area contributed by atoms with Gasteiger partial charge in [-0.2, -0.15) is 0 Å². The molecule has 0 rings (SSSR count). The van der Waals surface area contributed by atoms with Crippen LogP contribution in [0.15, 0.2) is 60.8 Å². The van der Waals surface area contributed by atoms with E-state index >= 15 is 0 Å². The van der Waals surface area contributed by atoms with Crippen molar-refractivity contribution in [2.24, 2.45) is 0 Å². The Morgan fingerprint density at radius 2 is 0.776 bits per heavy atom. The van der Waals surface area contributed by atoms with Crippen molar-refractivity contribution in [3.8, 4) is 0 Å². The third-order valence-electron chi connectivity index (χ3n) is 11.6. The second-order valence-electron chi connectivity index (χ2n) is 18.2. The Bertz CT molecular complexity index is 1290. The van der Waals surface area contributed by atoms with E-state index in [1.54, 1.807) is 0 Å². The number of hydrogen-bond acceptors (Lipinski definition) is 9. The lowest BCUT2D eigenvalue weighted by atomic mass is 10.0. The van der Waals surface area contributed by atoms with E-state index < -0.39 is 51.8 Å². The highest BCUT2D eigenvalue weighted by Gasteiger charge is 2.27. The molecular formula is C56H101O10P. The summed E-state index contributed by atoms with van der Waals surface area (Å²) in [5.41, 5.74) is 0.